The van der Waals surface area contributed by atoms with Crippen LogP contribution in [0.4, 0.5) is 5.69 Å². The summed E-state index contributed by atoms with van der Waals surface area (Å²) in [7, 11) is 0. The van der Waals surface area contributed by atoms with Crippen LogP contribution in [-0.2, 0) is 9.53 Å². The van der Waals surface area contributed by atoms with Gasteiger partial charge in [-0.2, -0.15) is 0 Å². The average Bonchev–Trinajstić information content (AvgIpc) is 2.87. The zero-order chi connectivity index (χ0) is 30.1. The molecule has 1 aromatic carbocycles. The Morgan fingerprint density at radius 2 is 1.73 bits per heavy atom. The highest BCUT2D eigenvalue weighted by Crippen LogP contribution is 2.43. The van der Waals surface area contributed by atoms with Crippen LogP contribution in [0.25, 0.3) is 11.3 Å². The standard InChI is InChI=1S/C33H42ClN3O4/c1-20-10-9-11-25(34)27(20)22(3)40-23-12-13-26(36-18-23)24-19-35-21(2)28(30(31(38)39)41-32(4,5)6)29(24)37-16-14-33(7,8)15-17-37/h9-13,18-19,22,30H,14-17H2,1-8H3,(H,38,39). The van der Waals surface area contributed by atoms with Gasteiger partial charge in [0.05, 0.1) is 23.2 Å². The van der Waals surface area contributed by atoms with E-state index in [-0.39, 0.29) is 11.5 Å². The molecule has 4 rings (SSSR count). The van der Waals surface area contributed by atoms with Gasteiger partial charge in [-0.3, -0.25) is 9.97 Å². The van der Waals surface area contributed by atoms with Crippen molar-refractivity contribution in [1.29, 1.82) is 0 Å². The van der Waals surface area contributed by atoms with E-state index in [1.807, 2.05) is 71.9 Å². The van der Waals surface area contributed by atoms with Gasteiger partial charge in [0.15, 0.2) is 6.10 Å². The number of aliphatic carboxylic acids is 1. The fourth-order valence-corrected chi connectivity index (χ4v) is 5.78. The molecule has 0 spiro atoms. The Labute approximate surface area is 248 Å². The van der Waals surface area contributed by atoms with Crippen molar-refractivity contribution in [2.75, 3.05) is 18.0 Å². The molecular formula is C33H42ClN3O4. The number of hydrogen-bond acceptors (Lipinski definition) is 6. The number of pyridine rings is 2. The second-order valence-corrected chi connectivity index (χ2v) is 13.1. The maximum atomic E-state index is 12.6. The maximum absolute atomic E-state index is 12.6. The Morgan fingerprint density at radius 1 is 1.05 bits per heavy atom. The first kappa shape index (κ1) is 30.8. The van der Waals surface area contributed by atoms with E-state index in [9.17, 15) is 9.90 Å². The topological polar surface area (TPSA) is 84.8 Å². The van der Waals surface area contributed by atoms with Crippen LogP contribution in [0.3, 0.4) is 0 Å². The molecule has 1 N–H and O–H groups in total. The number of carboxylic acid groups (broad SMARTS) is 1. The lowest BCUT2D eigenvalue weighted by molar-refractivity contribution is -0.160. The lowest BCUT2D eigenvalue weighted by atomic mass is 9.82. The average molecular weight is 580 g/mol. The van der Waals surface area contributed by atoms with Gasteiger partial charge >= 0.3 is 5.97 Å². The van der Waals surface area contributed by atoms with E-state index in [0.717, 1.165) is 48.3 Å². The number of piperidine rings is 1. The van der Waals surface area contributed by atoms with Gasteiger partial charge < -0.3 is 19.5 Å². The number of aromatic nitrogens is 2. The number of hydrogen-bond donors (Lipinski definition) is 1. The van der Waals surface area contributed by atoms with Crippen LogP contribution in [0.2, 0.25) is 5.02 Å². The Balaban J connectivity index is 1.76. The largest absolute Gasteiger partial charge is 0.484 e. The quantitative estimate of drug-likeness (QED) is 0.288. The fourth-order valence-electron chi connectivity index (χ4n) is 5.40. The molecule has 220 valence electrons. The van der Waals surface area contributed by atoms with Crippen LogP contribution in [0.15, 0.2) is 42.7 Å². The molecule has 2 atom stereocenters. The minimum absolute atomic E-state index is 0.223. The number of aryl methyl sites for hydroxylation is 2. The van der Waals surface area contributed by atoms with Gasteiger partial charge in [-0.15, -0.1) is 0 Å². The van der Waals surface area contributed by atoms with Gasteiger partial charge in [0.25, 0.3) is 0 Å². The minimum atomic E-state index is -1.17. The zero-order valence-electron chi connectivity index (χ0n) is 25.4. The number of rotatable bonds is 8. The first-order chi connectivity index (χ1) is 19.2. The second-order valence-electron chi connectivity index (χ2n) is 12.7. The van der Waals surface area contributed by atoms with Crippen molar-refractivity contribution in [2.45, 2.75) is 86.0 Å². The normalized spacial score (nSPS) is 16.8. The van der Waals surface area contributed by atoms with Crippen LogP contribution < -0.4 is 9.64 Å². The number of halogens is 1. The lowest BCUT2D eigenvalue weighted by Gasteiger charge is -2.40. The summed E-state index contributed by atoms with van der Waals surface area (Å²) >= 11 is 6.46. The number of benzene rings is 1. The maximum Gasteiger partial charge on any atom is 0.337 e. The van der Waals surface area contributed by atoms with Crippen LogP contribution in [0, 0.1) is 19.3 Å². The second kappa shape index (κ2) is 12.0. The number of nitrogens with zero attached hydrogens (tertiary/aromatic N) is 3. The Morgan fingerprint density at radius 3 is 2.29 bits per heavy atom. The smallest absolute Gasteiger partial charge is 0.337 e. The highest BCUT2D eigenvalue weighted by Gasteiger charge is 2.36. The highest BCUT2D eigenvalue weighted by atomic mass is 35.5. The molecular weight excluding hydrogens is 538 g/mol. The number of carbonyl (C=O) groups is 1. The van der Waals surface area contributed by atoms with E-state index in [0.29, 0.717) is 27.7 Å². The summed E-state index contributed by atoms with van der Waals surface area (Å²) in [6.45, 7) is 17.6. The van der Waals surface area contributed by atoms with Gasteiger partial charge in [0, 0.05) is 46.7 Å². The lowest BCUT2D eigenvalue weighted by Crippen LogP contribution is -2.39. The third-order valence-electron chi connectivity index (χ3n) is 7.68. The first-order valence-electron chi connectivity index (χ1n) is 14.2. The molecule has 0 saturated carbocycles. The van der Waals surface area contributed by atoms with E-state index < -0.39 is 17.7 Å². The molecule has 0 radical (unpaired) electrons. The van der Waals surface area contributed by atoms with Crippen molar-refractivity contribution in [3.63, 3.8) is 0 Å². The molecule has 1 aliphatic heterocycles. The molecule has 1 fully saturated rings. The van der Waals surface area contributed by atoms with Gasteiger partial charge in [0.1, 0.15) is 11.9 Å². The summed E-state index contributed by atoms with van der Waals surface area (Å²) in [6, 6.07) is 9.59. The van der Waals surface area contributed by atoms with Gasteiger partial charge in [-0.25, -0.2) is 4.79 Å². The summed E-state index contributed by atoms with van der Waals surface area (Å²) in [4.78, 5) is 24.3. The first-order valence-corrected chi connectivity index (χ1v) is 14.6. The SMILES string of the molecule is Cc1cccc(Cl)c1C(C)Oc1ccc(-c2cnc(C)c(C(OC(C)(C)C)C(=O)O)c2N2CCC(C)(C)CC2)nc1. The Kier molecular flexibility index (Phi) is 9.00. The van der Waals surface area contributed by atoms with Gasteiger partial charge in [0.2, 0.25) is 0 Å². The number of ether oxygens (including phenoxy) is 2. The van der Waals surface area contributed by atoms with Crippen LogP contribution in [0.1, 0.15) is 89.0 Å². The van der Waals surface area contributed by atoms with Crippen molar-refractivity contribution in [1.82, 2.24) is 9.97 Å². The molecule has 3 heterocycles. The summed E-state index contributed by atoms with van der Waals surface area (Å²) in [5.41, 5.74) is 5.06. The Hall–Kier alpha value is -3.16. The molecule has 8 heteroatoms. The molecule has 1 aliphatic rings. The third kappa shape index (κ3) is 7.19. The molecule has 7 nitrogen and oxygen atoms in total. The van der Waals surface area contributed by atoms with Crippen LogP contribution in [-0.4, -0.2) is 39.7 Å². The molecule has 0 aliphatic carbocycles. The summed E-state index contributed by atoms with van der Waals surface area (Å²) in [6.07, 6.45) is 4.04. The van der Waals surface area contributed by atoms with Gasteiger partial charge in [-0.1, -0.05) is 37.6 Å². The van der Waals surface area contributed by atoms with Gasteiger partial charge in [-0.05, 0) is 83.6 Å². The number of anilines is 1. The summed E-state index contributed by atoms with van der Waals surface area (Å²) in [5.74, 6) is -0.428. The zero-order valence-corrected chi connectivity index (χ0v) is 26.2. The number of carboxylic acids is 1. The predicted octanol–water partition coefficient (Wildman–Crippen LogP) is 8.12. The van der Waals surface area contributed by atoms with E-state index in [2.05, 4.69) is 23.7 Å². The van der Waals surface area contributed by atoms with Crippen molar-refractivity contribution >= 4 is 23.3 Å². The summed E-state index contributed by atoms with van der Waals surface area (Å²) < 4.78 is 12.4. The molecule has 0 bridgehead atoms. The van der Waals surface area contributed by atoms with Crippen molar-refractivity contribution in [2.24, 2.45) is 5.41 Å². The molecule has 2 unspecified atom stereocenters. The van der Waals surface area contributed by atoms with Crippen LogP contribution >= 0.6 is 11.6 Å². The van der Waals surface area contributed by atoms with Crippen LogP contribution in [0.5, 0.6) is 5.75 Å². The van der Waals surface area contributed by atoms with Crippen molar-refractivity contribution in [3.8, 4) is 17.0 Å². The molecule has 2 aromatic heterocycles. The summed E-state index contributed by atoms with van der Waals surface area (Å²) in [5, 5.41) is 11.0. The van der Waals surface area contributed by atoms with E-state index >= 15 is 0 Å². The monoisotopic (exact) mass is 579 g/mol. The molecule has 3 aromatic rings. The molecule has 0 amide bonds. The van der Waals surface area contributed by atoms with Crippen molar-refractivity contribution < 1.29 is 19.4 Å². The Bertz CT molecular complexity index is 1370. The molecule has 41 heavy (non-hydrogen) atoms. The fraction of sp³-hybridized carbons (Fsp3) is 0.485. The predicted molar refractivity (Wildman–Crippen MR) is 164 cm³/mol. The highest BCUT2D eigenvalue weighted by molar-refractivity contribution is 6.31. The van der Waals surface area contributed by atoms with E-state index in [1.165, 1.54) is 0 Å². The van der Waals surface area contributed by atoms with Crippen molar-refractivity contribution in [3.05, 3.63) is 70.1 Å². The van der Waals surface area contributed by atoms with E-state index in [4.69, 9.17) is 26.1 Å². The minimum Gasteiger partial charge on any atom is -0.484 e. The third-order valence-corrected chi connectivity index (χ3v) is 8.01. The molecule has 1 saturated heterocycles. The van der Waals surface area contributed by atoms with E-state index in [1.54, 1.807) is 12.4 Å².